The second-order valence-electron chi connectivity index (χ2n) is 5.77. The van der Waals surface area contributed by atoms with Crippen molar-refractivity contribution in [3.8, 4) is 0 Å². The topological polar surface area (TPSA) is 89.7 Å². The summed E-state index contributed by atoms with van der Waals surface area (Å²) < 4.78 is 32.1. The van der Waals surface area contributed by atoms with Gasteiger partial charge in [0.05, 0.1) is 17.6 Å². The molecule has 2 N–H and O–H groups in total. The number of nitrogens with zero attached hydrogens (tertiary/aromatic N) is 1. The highest BCUT2D eigenvalue weighted by Gasteiger charge is 2.39. The van der Waals surface area contributed by atoms with Gasteiger partial charge in [-0.2, -0.15) is 4.31 Å². The second kappa shape index (κ2) is 7.48. The predicted octanol–water partition coefficient (Wildman–Crippen LogP) is 2.02. The molecule has 9 heteroatoms. The number of sulfonamides is 1. The minimum absolute atomic E-state index is 0. The molecule has 1 aliphatic rings. The molecule has 0 radical (unpaired) electrons. The van der Waals surface area contributed by atoms with Crippen molar-refractivity contribution in [3.05, 3.63) is 28.2 Å². The molecule has 1 fully saturated rings. The fourth-order valence-corrected chi connectivity index (χ4v) is 4.75. The fraction of sp³-hybridized carbons (Fsp3) is 0.500. The Morgan fingerprint density at radius 1 is 1.43 bits per heavy atom. The number of halogens is 2. The van der Waals surface area contributed by atoms with Crippen molar-refractivity contribution in [1.29, 1.82) is 0 Å². The summed E-state index contributed by atoms with van der Waals surface area (Å²) in [5.74, 6) is -0.578. The van der Waals surface area contributed by atoms with Gasteiger partial charge in [0.15, 0.2) is 0 Å². The van der Waals surface area contributed by atoms with E-state index >= 15 is 0 Å². The molecule has 0 spiro atoms. The van der Waals surface area contributed by atoms with Crippen molar-refractivity contribution in [2.45, 2.75) is 18.2 Å². The Labute approximate surface area is 151 Å². The molecule has 0 aromatic heterocycles. The number of hydrogen-bond acceptors (Lipinski definition) is 5. The van der Waals surface area contributed by atoms with Crippen LogP contribution in [0.15, 0.2) is 27.6 Å². The van der Waals surface area contributed by atoms with Gasteiger partial charge in [0, 0.05) is 17.6 Å². The maximum Gasteiger partial charge on any atom is 0.337 e. The van der Waals surface area contributed by atoms with E-state index in [1.54, 1.807) is 0 Å². The average Bonchev–Trinajstić information content (AvgIpc) is 2.89. The summed E-state index contributed by atoms with van der Waals surface area (Å²) in [4.78, 5) is 11.7. The Hall–Kier alpha value is -0.670. The number of carbonyl (C=O) groups excluding carboxylic acids is 1. The van der Waals surface area contributed by atoms with Crippen LogP contribution in [0, 0.1) is 5.41 Å². The first-order chi connectivity index (χ1) is 10.2. The lowest BCUT2D eigenvalue weighted by Gasteiger charge is -2.22. The molecule has 1 unspecified atom stereocenters. The lowest BCUT2D eigenvalue weighted by atomic mass is 9.90. The van der Waals surface area contributed by atoms with Crippen LogP contribution in [0.3, 0.4) is 0 Å². The van der Waals surface area contributed by atoms with E-state index in [4.69, 9.17) is 5.73 Å². The molecular formula is C14H20BrClN2O4S. The van der Waals surface area contributed by atoms with E-state index in [9.17, 15) is 13.2 Å². The van der Waals surface area contributed by atoms with Gasteiger partial charge in [-0.25, -0.2) is 13.2 Å². The number of hydrogen-bond donors (Lipinski definition) is 1. The zero-order valence-corrected chi connectivity index (χ0v) is 16.1. The molecule has 23 heavy (non-hydrogen) atoms. The zero-order chi connectivity index (χ0) is 16.5. The molecule has 1 atom stereocenters. The van der Waals surface area contributed by atoms with Gasteiger partial charge >= 0.3 is 5.97 Å². The number of ether oxygens (including phenoxy) is 1. The van der Waals surface area contributed by atoms with Gasteiger partial charge in [-0.3, -0.25) is 0 Å². The van der Waals surface area contributed by atoms with Crippen molar-refractivity contribution in [3.63, 3.8) is 0 Å². The van der Waals surface area contributed by atoms with E-state index in [2.05, 4.69) is 20.7 Å². The number of nitrogens with two attached hydrogens (primary N) is 1. The first kappa shape index (κ1) is 20.4. The minimum Gasteiger partial charge on any atom is -0.465 e. The number of benzene rings is 1. The Balaban J connectivity index is 0.00000264. The largest absolute Gasteiger partial charge is 0.465 e. The molecule has 1 aliphatic heterocycles. The predicted molar refractivity (Wildman–Crippen MR) is 93.3 cm³/mol. The summed E-state index contributed by atoms with van der Waals surface area (Å²) in [7, 11) is -2.41. The van der Waals surface area contributed by atoms with Crippen LogP contribution in [0.4, 0.5) is 0 Å². The van der Waals surface area contributed by atoms with E-state index < -0.39 is 16.0 Å². The highest BCUT2D eigenvalue weighted by atomic mass is 79.9. The van der Waals surface area contributed by atoms with Gasteiger partial charge in [0.2, 0.25) is 10.0 Å². The number of esters is 1. The number of rotatable bonds is 4. The smallest absolute Gasteiger partial charge is 0.337 e. The maximum absolute atomic E-state index is 12.8. The molecule has 1 aromatic carbocycles. The number of carbonyl (C=O) groups is 1. The van der Waals surface area contributed by atoms with Crippen LogP contribution in [-0.4, -0.2) is 45.4 Å². The zero-order valence-electron chi connectivity index (χ0n) is 12.9. The third kappa shape index (κ3) is 4.24. The summed E-state index contributed by atoms with van der Waals surface area (Å²) in [6.07, 6.45) is 0.723. The van der Waals surface area contributed by atoms with Crippen LogP contribution in [0.25, 0.3) is 0 Å². The molecule has 1 heterocycles. The molecule has 0 saturated carbocycles. The molecule has 6 nitrogen and oxygen atoms in total. The van der Waals surface area contributed by atoms with Gasteiger partial charge in [0.25, 0.3) is 0 Å². The lowest BCUT2D eigenvalue weighted by Crippen LogP contribution is -2.34. The summed E-state index contributed by atoms with van der Waals surface area (Å²) in [5.41, 5.74) is 5.71. The summed E-state index contributed by atoms with van der Waals surface area (Å²) in [6.45, 7) is 3.22. The second-order valence-corrected chi connectivity index (χ2v) is 8.62. The van der Waals surface area contributed by atoms with Crippen LogP contribution < -0.4 is 5.73 Å². The van der Waals surface area contributed by atoms with Crippen molar-refractivity contribution in [1.82, 2.24) is 4.31 Å². The first-order valence-corrected chi connectivity index (χ1v) is 9.04. The van der Waals surface area contributed by atoms with Crippen LogP contribution in [0.1, 0.15) is 23.7 Å². The Morgan fingerprint density at radius 2 is 2.09 bits per heavy atom. The third-order valence-electron chi connectivity index (χ3n) is 3.95. The Morgan fingerprint density at radius 3 is 2.61 bits per heavy atom. The van der Waals surface area contributed by atoms with E-state index in [-0.39, 0.29) is 28.3 Å². The molecular weight excluding hydrogens is 408 g/mol. The van der Waals surface area contributed by atoms with E-state index in [1.807, 2.05) is 6.92 Å². The summed E-state index contributed by atoms with van der Waals surface area (Å²) >= 11 is 3.24. The molecule has 130 valence electrons. The highest BCUT2D eigenvalue weighted by Crippen LogP contribution is 2.33. The maximum atomic E-state index is 12.8. The van der Waals surface area contributed by atoms with Gasteiger partial charge in [-0.15, -0.1) is 12.4 Å². The Kier molecular flexibility index (Phi) is 6.63. The van der Waals surface area contributed by atoms with Gasteiger partial charge in [0.1, 0.15) is 0 Å². The normalized spacial score (nSPS) is 21.7. The standard InChI is InChI=1S/C14H19BrN2O4S.ClH/c1-14(8-16)3-4-17(9-14)22(19,20)12-6-10(13(18)21-2)5-11(15)7-12;/h5-7H,3-4,8-9,16H2,1-2H3;1H. The SMILES string of the molecule is COC(=O)c1cc(Br)cc(S(=O)(=O)N2CCC(C)(CN)C2)c1.Cl. The van der Waals surface area contributed by atoms with E-state index in [1.165, 1.54) is 29.6 Å². The molecule has 0 amide bonds. The average molecular weight is 428 g/mol. The van der Waals surface area contributed by atoms with Crippen LogP contribution in [0.5, 0.6) is 0 Å². The summed E-state index contributed by atoms with van der Waals surface area (Å²) in [6, 6.07) is 4.35. The van der Waals surface area contributed by atoms with Crippen molar-refractivity contribution in [2.24, 2.45) is 11.1 Å². The van der Waals surface area contributed by atoms with Crippen molar-refractivity contribution < 1.29 is 17.9 Å². The lowest BCUT2D eigenvalue weighted by molar-refractivity contribution is 0.0600. The molecule has 2 rings (SSSR count). The third-order valence-corrected chi connectivity index (χ3v) is 6.23. The highest BCUT2D eigenvalue weighted by molar-refractivity contribution is 9.10. The van der Waals surface area contributed by atoms with Crippen LogP contribution >= 0.6 is 28.3 Å². The molecule has 1 saturated heterocycles. The first-order valence-electron chi connectivity index (χ1n) is 6.81. The Bertz CT molecular complexity index is 698. The van der Waals surface area contributed by atoms with Crippen LogP contribution in [0.2, 0.25) is 0 Å². The monoisotopic (exact) mass is 426 g/mol. The van der Waals surface area contributed by atoms with E-state index in [0.717, 1.165) is 6.42 Å². The van der Waals surface area contributed by atoms with E-state index in [0.29, 0.717) is 24.1 Å². The quantitative estimate of drug-likeness (QED) is 0.743. The van der Waals surface area contributed by atoms with Crippen molar-refractivity contribution >= 4 is 44.3 Å². The van der Waals surface area contributed by atoms with Gasteiger partial charge < -0.3 is 10.5 Å². The molecule has 0 aliphatic carbocycles. The van der Waals surface area contributed by atoms with Gasteiger partial charge in [-0.1, -0.05) is 22.9 Å². The molecule has 0 bridgehead atoms. The summed E-state index contributed by atoms with van der Waals surface area (Å²) in [5, 5.41) is 0. The number of methoxy groups -OCH3 is 1. The minimum atomic E-state index is -3.67. The van der Waals surface area contributed by atoms with Crippen LogP contribution in [-0.2, 0) is 14.8 Å². The van der Waals surface area contributed by atoms with Crippen molar-refractivity contribution in [2.75, 3.05) is 26.7 Å². The van der Waals surface area contributed by atoms with Gasteiger partial charge in [-0.05, 0) is 36.6 Å². The molecule has 1 aromatic rings. The fourth-order valence-electron chi connectivity index (χ4n) is 2.45.